The first-order chi connectivity index (χ1) is 12.3. The maximum Gasteiger partial charge on any atom is 0.416 e. The molecule has 0 aliphatic carbocycles. The summed E-state index contributed by atoms with van der Waals surface area (Å²) >= 11 is 0. The van der Waals surface area contributed by atoms with Crippen molar-refractivity contribution in [1.82, 2.24) is 0 Å². The van der Waals surface area contributed by atoms with Gasteiger partial charge in [-0.05, 0) is 42.3 Å². The highest BCUT2D eigenvalue weighted by Crippen LogP contribution is 2.35. The molecule has 2 atom stereocenters. The molecular weight excluding hydrogens is 355 g/mol. The van der Waals surface area contributed by atoms with E-state index in [-0.39, 0.29) is 11.3 Å². The quantitative estimate of drug-likeness (QED) is 0.792. The average molecular weight is 368 g/mol. The summed E-state index contributed by atoms with van der Waals surface area (Å²) in [5.74, 6) is -1.99. The molecule has 1 saturated heterocycles. The minimum absolute atomic E-state index is 0.157. The zero-order chi connectivity index (χ0) is 18.9. The Hall–Kier alpha value is -2.66. The van der Waals surface area contributed by atoms with Gasteiger partial charge in [0.25, 0.3) is 0 Å². The van der Waals surface area contributed by atoms with Gasteiger partial charge in [0.2, 0.25) is 0 Å². The molecule has 26 heavy (non-hydrogen) atoms. The van der Waals surface area contributed by atoms with E-state index in [1.807, 2.05) is 0 Å². The van der Waals surface area contributed by atoms with Gasteiger partial charge in [-0.25, -0.2) is 8.78 Å². The zero-order valence-corrected chi connectivity index (χ0v) is 13.3. The lowest BCUT2D eigenvalue weighted by Crippen LogP contribution is -2.24. The normalized spacial score (nSPS) is 20.0. The van der Waals surface area contributed by atoms with Crippen molar-refractivity contribution < 1.29 is 26.7 Å². The monoisotopic (exact) mass is 368 g/mol. The molecule has 2 unspecified atom stereocenters. The number of nitriles is 1. The van der Waals surface area contributed by atoms with E-state index in [0.29, 0.717) is 18.6 Å². The molecule has 0 amide bonds. The van der Waals surface area contributed by atoms with Crippen LogP contribution >= 0.6 is 0 Å². The first-order valence-corrected chi connectivity index (χ1v) is 7.74. The van der Waals surface area contributed by atoms with Crippen molar-refractivity contribution in [1.29, 1.82) is 5.26 Å². The fourth-order valence-corrected chi connectivity index (χ4v) is 2.89. The lowest BCUT2D eigenvalue weighted by molar-refractivity contribution is -0.137. The van der Waals surface area contributed by atoms with Crippen LogP contribution in [0.15, 0.2) is 36.4 Å². The number of nitrogens with zero attached hydrogens (tertiary/aromatic N) is 1. The number of ether oxygens (including phenoxy) is 1. The van der Waals surface area contributed by atoms with Crippen molar-refractivity contribution in [3.63, 3.8) is 0 Å². The second-order valence-electron chi connectivity index (χ2n) is 5.87. The first kappa shape index (κ1) is 18.1. The highest BCUT2D eigenvalue weighted by atomic mass is 19.4. The summed E-state index contributed by atoms with van der Waals surface area (Å²) in [7, 11) is 0. The van der Waals surface area contributed by atoms with Crippen molar-refractivity contribution in [2.45, 2.75) is 24.7 Å². The number of halogens is 5. The lowest BCUT2D eigenvalue weighted by Gasteiger charge is -2.22. The second-order valence-corrected chi connectivity index (χ2v) is 5.87. The molecule has 1 N–H and O–H groups in total. The van der Waals surface area contributed by atoms with Crippen LogP contribution in [0.1, 0.15) is 29.2 Å². The van der Waals surface area contributed by atoms with Crippen LogP contribution in [0.4, 0.5) is 27.6 Å². The van der Waals surface area contributed by atoms with Crippen LogP contribution in [0, 0.1) is 23.0 Å². The molecule has 0 spiro atoms. The summed E-state index contributed by atoms with van der Waals surface area (Å²) in [5.41, 5.74) is -0.442. The molecule has 3 nitrogen and oxygen atoms in total. The van der Waals surface area contributed by atoms with Crippen molar-refractivity contribution in [3.05, 3.63) is 64.7 Å². The van der Waals surface area contributed by atoms with Gasteiger partial charge in [0.1, 0.15) is 12.2 Å². The number of alkyl halides is 3. The second kappa shape index (κ2) is 6.92. The van der Waals surface area contributed by atoms with Crippen LogP contribution in [0.2, 0.25) is 0 Å². The average Bonchev–Trinajstić information content (AvgIpc) is 3.05. The third-order valence-corrected chi connectivity index (χ3v) is 4.17. The number of benzene rings is 2. The van der Waals surface area contributed by atoms with E-state index >= 15 is 0 Å². The summed E-state index contributed by atoms with van der Waals surface area (Å²) in [6, 6.07) is 7.58. The Bertz CT molecular complexity index is 860. The van der Waals surface area contributed by atoms with Crippen LogP contribution < -0.4 is 5.32 Å². The predicted molar refractivity (Wildman–Crippen MR) is 83.2 cm³/mol. The third-order valence-electron chi connectivity index (χ3n) is 4.17. The summed E-state index contributed by atoms with van der Waals surface area (Å²) in [4.78, 5) is 0. The first-order valence-electron chi connectivity index (χ1n) is 7.74. The van der Waals surface area contributed by atoms with Gasteiger partial charge in [-0.1, -0.05) is 6.07 Å². The van der Waals surface area contributed by atoms with Gasteiger partial charge in [-0.2, -0.15) is 18.4 Å². The van der Waals surface area contributed by atoms with E-state index in [0.717, 1.165) is 24.3 Å². The highest BCUT2D eigenvalue weighted by Gasteiger charge is 2.33. The standard InChI is InChI=1S/C18H13F5N2O/c19-13-3-1-10(8-14(13)20)17-16(5-6-26-17)25-15-4-2-12(18(21,22)23)7-11(15)9-24/h1-4,7-8,16-17,25H,5-6H2. The van der Waals surface area contributed by atoms with Crippen molar-refractivity contribution in [2.75, 3.05) is 11.9 Å². The molecule has 3 rings (SSSR count). The molecule has 1 aliphatic rings. The predicted octanol–water partition coefficient (Wildman–Crippen LogP) is 4.80. The van der Waals surface area contributed by atoms with Gasteiger partial charge < -0.3 is 10.1 Å². The molecule has 136 valence electrons. The molecule has 0 radical (unpaired) electrons. The Labute approximate surface area is 146 Å². The Morgan fingerprint density at radius 2 is 1.85 bits per heavy atom. The Morgan fingerprint density at radius 3 is 2.50 bits per heavy atom. The van der Waals surface area contributed by atoms with Gasteiger partial charge >= 0.3 is 6.18 Å². The fraction of sp³-hybridized carbons (Fsp3) is 0.278. The smallest absolute Gasteiger partial charge is 0.378 e. The largest absolute Gasteiger partial charge is 0.416 e. The lowest BCUT2D eigenvalue weighted by atomic mass is 10.0. The number of rotatable bonds is 3. The summed E-state index contributed by atoms with van der Waals surface area (Å²) in [6.45, 7) is 0.337. The third kappa shape index (κ3) is 3.63. The van der Waals surface area contributed by atoms with Crippen LogP contribution in [-0.4, -0.2) is 12.6 Å². The Kier molecular flexibility index (Phi) is 4.83. The van der Waals surface area contributed by atoms with Gasteiger partial charge in [0.05, 0.1) is 22.9 Å². The zero-order valence-electron chi connectivity index (χ0n) is 13.3. The number of nitrogens with one attached hydrogen (secondary N) is 1. The van der Waals surface area contributed by atoms with E-state index < -0.39 is 35.5 Å². The number of hydrogen-bond donors (Lipinski definition) is 1. The number of anilines is 1. The fourth-order valence-electron chi connectivity index (χ4n) is 2.89. The minimum atomic E-state index is -4.55. The minimum Gasteiger partial charge on any atom is -0.378 e. The van der Waals surface area contributed by atoms with Gasteiger partial charge in [-0.3, -0.25) is 0 Å². The number of hydrogen-bond acceptors (Lipinski definition) is 3. The maximum atomic E-state index is 13.5. The van der Waals surface area contributed by atoms with Crippen molar-refractivity contribution >= 4 is 5.69 Å². The van der Waals surface area contributed by atoms with Gasteiger partial charge in [0.15, 0.2) is 11.6 Å². The van der Waals surface area contributed by atoms with Gasteiger partial charge in [0, 0.05) is 6.61 Å². The summed E-state index contributed by atoms with van der Waals surface area (Å²) in [6.07, 6.45) is -4.66. The molecule has 1 fully saturated rings. The van der Waals surface area contributed by atoms with E-state index in [2.05, 4.69) is 5.32 Å². The highest BCUT2D eigenvalue weighted by molar-refractivity contribution is 5.59. The Balaban J connectivity index is 1.86. The van der Waals surface area contributed by atoms with Crippen molar-refractivity contribution in [3.8, 4) is 6.07 Å². The van der Waals surface area contributed by atoms with Crippen LogP contribution in [0.3, 0.4) is 0 Å². The van der Waals surface area contributed by atoms with Crippen LogP contribution in [0.5, 0.6) is 0 Å². The molecule has 2 aromatic carbocycles. The topological polar surface area (TPSA) is 45.0 Å². The summed E-state index contributed by atoms with van der Waals surface area (Å²) < 4.78 is 70.5. The molecule has 1 aliphatic heterocycles. The molecule has 0 bridgehead atoms. The molecule has 8 heteroatoms. The van der Waals surface area contributed by atoms with Crippen molar-refractivity contribution in [2.24, 2.45) is 0 Å². The Morgan fingerprint density at radius 1 is 1.08 bits per heavy atom. The van der Waals surface area contributed by atoms with E-state index in [9.17, 15) is 22.0 Å². The molecular formula is C18H13F5N2O. The van der Waals surface area contributed by atoms with E-state index in [4.69, 9.17) is 10.00 Å². The van der Waals surface area contributed by atoms with Gasteiger partial charge in [-0.15, -0.1) is 0 Å². The van der Waals surface area contributed by atoms with Crippen LogP contribution in [0.25, 0.3) is 0 Å². The van der Waals surface area contributed by atoms with Crippen LogP contribution in [-0.2, 0) is 10.9 Å². The molecule has 1 heterocycles. The molecule has 2 aromatic rings. The molecule has 0 saturated carbocycles. The SMILES string of the molecule is N#Cc1cc(C(F)(F)F)ccc1NC1CCOC1c1ccc(F)c(F)c1. The molecule has 0 aromatic heterocycles. The van der Waals surface area contributed by atoms with E-state index in [1.54, 1.807) is 6.07 Å². The van der Waals surface area contributed by atoms with E-state index in [1.165, 1.54) is 12.1 Å². The summed E-state index contributed by atoms with van der Waals surface area (Å²) in [5, 5.41) is 12.1. The maximum absolute atomic E-state index is 13.5.